The zero-order valence-corrected chi connectivity index (χ0v) is 22.5. The number of carboxylic acids is 1. The SMILES string of the molecule is COc1cc(/C=C2\SC(=Nc3cccc(C(=O)O)c3C)N(C)C2=O)cc(Br)c1OCc1cccc(F)c1. The predicted octanol–water partition coefficient (Wildman–Crippen LogP) is 6.42. The topological polar surface area (TPSA) is 88.4 Å². The number of amidine groups is 1. The lowest BCUT2D eigenvalue weighted by Crippen LogP contribution is -2.23. The molecule has 4 rings (SSSR count). The molecule has 1 N–H and O–H groups in total. The number of amides is 1. The molecule has 1 fully saturated rings. The zero-order valence-electron chi connectivity index (χ0n) is 20.1. The van der Waals surface area contributed by atoms with Crippen molar-refractivity contribution < 1.29 is 28.6 Å². The van der Waals surface area contributed by atoms with Crippen LogP contribution in [0.5, 0.6) is 11.5 Å². The maximum absolute atomic E-state index is 13.5. The number of nitrogens with zero attached hydrogens (tertiary/aromatic N) is 2. The molecule has 0 aromatic heterocycles. The van der Waals surface area contributed by atoms with Gasteiger partial charge in [-0.2, -0.15) is 0 Å². The average molecular weight is 585 g/mol. The summed E-state index contributed by atoms with van der Waals surface area (Å²) in [5, 5.41) is 9.81. The molecule has 190 valence electrons. The maximum atomic E-state index is 13.5. The molecule has 0 radical (unpaired) electrons. The number of benzene rings is 3. The molecular weight excluding hydrogens is 563 g/mol. The number of likely N-dealkylation sites (N-methyl/N-ethyl adjacent to an activating group) is 1. The van der Waals surface area contributed by atoms with Gasteiger partial charge in [-0.1, -0.05) is 18.2 Å². The van der Waals surface area contributed by atoms with Crippen molar-refractivity contribution in [2.24, 2.45) is 4.99 Å². The smallest absolute Gasteiger partial charge is 0.336 e. The molecular formula is C27H22BrFN2O5S. The van der Waals surface area contributed by atoms with Crippen LogP contribution in [0.15, 0.2) is 69.0 Å². The number of carbonyl (C=O) groups is 2. The van der Waals surface area contributed by atoms with Gasteiger partial charge in [0.15, 0.2) is 16.7 Å². The van der Waals surface area contributed by atoms with Gasteiger partial charge in [-0.25, -0.2) is 14.2 Å². The number of ether oxygens (including phenoxy) is 2. The largest absolute Gasteiger partial charge is 0.493 e. The second-order valence-electron chi connectivity index (χ2n) is 8.08. The zero-order chi connectivity index (χ0) is 26.7. The van der Waals surface area contributed by atoms with Crippen LogP contribution < -0.4 is 9.47 Å². The first-order valence-corrected chi connectivity index (χ1v) is 12.6. The number of carboxylic acid groups (broad SMARTS) is 1. The predicted molar refractivity (Wildman–Crippen MR) is 145 cm³/mol. The van der Waals surface area contributed by atoms with Gasteiger partial charge in [0.1, 0.15) is 12.4 Å². The summed E-state index contributed by atoms with van der Waals surface area (Å²) in [6.07, 6.45) is 1.72. The number of carbonyl (C=O) groups excluding carboxylic acids is 1. The number of thioether (sulfide) groups is 1. The first kappa shape index (κ1) is 26.4. The standard InChI is InChI=1S/C27H22BrFN2O5S/c1-15-19(26(33)34)8-5-9-21(15)30-27-31(2)25(32)23(37-27)13-17-11-20(28)24(22(12-17)35-3)36-14-16-6-4-7-18(29)10-16/h4-13H,14H2,1-3H3,(H,33,34)/b23-13-,30-27?. The van der Waals surface area contributed by atoms with Crippen LogP contribution in [0, 0.1) is 12.7 Å². The number of methoxy groups -OCH3 is 1. The molecule has 0 spiro atoms. The van der Waals surface area contributed by atoms with E-state index >= 15 is 0 Å². The highest BCUT2D eigenvalue weighted by molar-refractivity contribution is 9.10. The Labute approximate surface area is 225 Å². The van der Waals surface area contributed by atoms with Gasteiger partial charge in [-0.05, 0) is 93.8 Å². The van der Waals surface area contributed by atoms with Crippen molar-refractivity contribution in [2.45, 2.75) is 13.5 Å². The number of aliphatic imine (C=N–C) groups is 1. The van der Waals surface area contributed by atoms with Gasteiger partial charge in [0.05, 0.1) is 27.7 Å². The lowest BCUT2D eigenvalue weighted by molar-refractivity contribution is -0.121. The first-order valence-electron chi connectivity index (χ1n) is 11.0. The van der Waals surface area contributed by atoms with Gasteiger partial charge in [-0.15, -0.1) is 0 Å². The number of aromatic carboxylic acids is 1. The van der Waals surface area contributed by atoms with Gasteiger partial charge in [0.25, 0.3) is 5.91 Å². The molecule has 1 aliphatic heterocycles. The van der Waals surface area contributed by atoms with E-state index in [-0.39, 0.29) is 23.9 Å². The number of rotatable bonds is 7. The Morgan fingerprint density at radius 3 is 2.68 bits per heavy atom. The highest BCUT2D eigenvalue weighted by atomic mass is 79.9. The van der Waals surface area contributed by atoms with E-state index < -0.39 is 5.97 Å². The molecule has 0 aliphatic carbocycles. The molecule has 1 amide bonds. The minimum atomic E-state index is -1.04. The molecule has 0 saturated carbocycles. The quantitative estimate of drug-likeness (QED) is 0.322. The van der Waals surface area contributed by atoms with E-state index in [0.29, 0.717) is 48.4 Å². The molecule has 37 heavy (non-hydrogen) atoms. The summed E-state index contributed by atoms with van der Waals surface area (Å²) in [5.41, 5.74) is 2.52. The number of hydrogen-bond donors (Lipinski definition) is 1. The van der Waals surface area contributed by atoms with Crippen molar-refractivity contribution in [3.63, 3.8) is 0 Å². The Morgan fingerprint density at radius 2 is 1.97 bits per heavy atom. The van der Waals surface area contributed by atoms with Crippen molar-refractivity contribution in [1.82, 2.24) is 4.90 Å². The van der Waals surface area contributed by atoms with Crippen molar-refractivity contribution in [3.8, 4) is 11.5 Å². The summed E-state index contributed by atoms with van der Waals surface area (Å²) in [6, 6.07) is 14.5. The van der Waals surface area contributed by atoms with Crippen LogP contribution in [0.1, 0.15) is 27.0 Å². The number of hydrogen-bond acceptors (Lipinski definition) is 6. The molecule has 7 nitrogen and oxygen atoms in total. The fourth-order valence-electron chi connectivity index (χ4n) is 3.63. The number of halogens is 2. The average Bonchev–Trinajstić information content (AvgIpc) is 3.11. The summed E-state index contributed by atoms with van der Waals surface area (Å²) in [5.74, 6) is -0.724. The minimum Gasteiger partial charge on any atom is -0.493 e. The van der Waals surface area contributed by atoms with Gasteiger partial charge in [0, 0.05) is 7.05 Å². The lowest BCUT2D eigenvalue weighted by atomic mass is 10.1. The van der Waals surface area contributed by atoms with Crippen molar-refractivity contribution in [1.29, 1.82) is 0 Å². The van der Waals surface area contributed by atoms with Crippen LogP contribution in [-0.4, -0.2) is 41.2 Å². The summed E-state index contributed by atoms with van der Waals surface area (Å²) in [7, 11) is 3.13. The normalized spacial score (nSPS) is 15.5. The molecule has 1 saturated heterocycles. The molecule has 1 aliphatic rings. The Hall–Kier alpha value is -3.63. The third-order valence-corrected chi connectivity index (χ3v) is 7.23. The van der Waals surface area contributed by atoms with Gasteiger partial charge in [-0.3, -0.25) is 9.69 Å². The maximum Gasteiger partial charge on any atom is 0.336 e. The second kappa shape index (κ2) is 11.2. The van der Waals surface area contributed by atoms with Gasteiger partial charge >= 0.3 is 5.97 Å². The van der Waals surface area contributed by atoms with E-state index in [1.807, 2.05) is 0 Å². The molecule has 0 unspecified atom stereocenters. The summed E-state index contributed by atoms with van der Waals surface area (Å²) < 4.78 is 25.5. The Kier molecular flexibility index (Phi) is 7.99. The van der Waals surface area contributed by atoms with Crippen LogP contribution in [0.4, 0.5) is 10.1 Å². The Morgan fingerprint density at radius 1 is 1.22 bits per heavy atom. The highest BCUT2D eigenvalue weighted by Crippen LogP contribution is 2.40. The van der Waals surface area contributed by atoms with Gasteiger partial charge < -0.3 is 14.6 Å². The van der Waals surface area contributed by atoms with E-state index in [4.69, 9.17) is 9.47 Å². The molecule has 0 atom stereocenters. The minimum absolute atomic E-state index is 0.147. The molecule has 0 bridgehead atoms. The third-order valence-electron chi connectivity index (χ3n) is 5.58. The molecule has 3 aromatic rings. The van der Waals surface area contributed by atoms with Gasteiger partial charge in [0.2, 0.25) is 0 Å². The van der Waals surface area contributed by atoms with E-state index in [0.717, 1.165) is 0 Å². The molecule has 1 heterocycles. The fourth-order valence-corrected chi connectivity index (χ4v) is 5.18. The fraction of sp³-hybridized carbons (Fsp3) is 0.148. The first-order chi connectivity index (χ1) is 17.7. The van der Waals surface area contributed by atoms with Crippen LogP contribution in [0.2, 0.25) is 0 Å². The van der Waals surface area contributed by atoms with Crippen molar-refractivity contribution >= 4 is 56.5 Å². The second-order valence-corrected chi connectivity index (χ2v) is 9.94. The lowest BCUT2D eigenvalue weighted by Gasteiger charge is -2.14. The van der Waals surface area contributed by atoms with E-state index in [1.54, 1.807) is 56.4 Å². The van der Waals surface area contributed by atoms with E-state index in [2.05, 4.69) is 20.9 Å². The monoisotopic (exact) mass is 584 g/mol. The van der Waals surface area contributed by atoms with Crippen LogP contribution >= 0.6 is 27.7 Å². The molecule has 3 aromatic carbocycles. The third kappa shape index (κ3) is 5.86. The summed E-state index contributed by atoms with van der Waals surface area (Å²) in [6.45, 7) is 1.83. The van der Waals surface area contributed by atoms with E-state index in [9.17, 15) is 19.1 Å². The van der Waals surface area contributed by atoms with Crippen molar-refractivity contribution in [3.05, 3.63) is 92.0 Å². The Bertz CT molecular complexity index is 1460. The Balaban J connectivity index is 1.60. The summed E-state index contributed by atoms with van der Waals surface area (Å²) in [4.78, 5) is 30.8. The summed E-state index contributed by atoms with van der Waals surface area (Å²) >= 11 is 4.69. The molecule has 10 heteroatoms. The van der Waals surface area contributed by atoms with E-state index in [1.165, 1.54) is 42.0 Å². The van der Waals surface area contributed by atoms with Crippen molar-refractivity contribution in [2.75, 3.05) is 14.2 Å². The highest BCUT2D eigenvalue weighted by Gasteiger charge is 2.31. The van der Waals surface area contributed by atoms with Crippen LogP contribution in [0.3, 0.4) is 0 Å². The van der Waals surface area contributed by atoms with Crippen LogP contribution in [0.25, 0.3) is 6.08 Å². The van der Waals surface area contributed by atoms with Crippen LogP contribution in [-0.2, 0) is 11.4 Å².